The summed E-state index contributed by atoms with van der Waals surface area (Å²) in [4.78, 5) is 18.6. The van der Waals surface area contributed by atoms with Crippen molar-refractivity contribution in [1.29, 1.82) is 0 Å². The predicted octanol–water partition coefficient (Wildman–Crippen LogP) is 1.26. The van der Waals surface area contributed by atoms with Crippen LogP contribution in [0.5, 0.6) is 0 Å². The van der Waals surface area contributed by atoms with Crippen LogP contribution in [0.1, 0.15) is 44.3 Å². The van der Waals surface area contributed by atoms with E-state index in [1.165, 1.54) is 0 Å². The Bertz CT molecular complexity index is 484. The van der Waals surface area contributed by atoms with Gasteiger partial charge in [0, 0.05) is 19.6 Å². The minimum atomic E-state index is -0.343. The van der Waals surface area contributed by atoms with Gasteiger partial charge in [-0.05, 0) is 39.0 Å². The lowest BCUT2D eigenvalue weighted by Gasteiger charge is -2.34. The molecular weight excluding hydrogens is 266 g/mol. The molecule has 0 radical (unpaired) electrons. The predicted molar refractivity (Wildman–Crippen MR) is 81.7 cm³/mol. The van der Waals surface area contributed by atoms with E-state index >= 15 is 0 Å². The van der Waals surface area contributed by atoms with E-state index in [9.17, 15) is 4.79 Å². The number of amides is 1. The molecule has 6 nitrogen and oxygen atoms in total. The van der Waals surface area contributed by atoms with Crippen LogP contribution in [0.3, 0.4) is 0 Å². The van der Waals surface area contributed by atoms with E-state index in [-0.39, 0.29) is 11.9 Å². The van der Waals surface area contributed by atoms with Gasteiger partial charge in [0.15, 0.2) is 0 Å². The van der Waals surface area contributed by atoms with Crippen LogP contribution in [-0.4, -0.2) is 44.7 Å². The van der Waals surface area contributed by atoms with E-state index in [4.69, 9.17) is 5.73 Å². The summed E-state index contributed by atoms with van der Waals surface area (Å²) in [6.45, 7) is 8.39. The van der Waals surface area contributed by atoms with Crippen LogP contribution in [-0.2, 0) is 11.3 Å². The number of aromatic nitrogens is 3. The second-order valence-electron chi connectivity index (χ2n) is 6.08. The Hall–Kier alpha value is -1.43. The molecule has 1 aliphatic heterocycles. The molecule has 118 valence electrons. The van der Waals surface area contributed by atoms with Crippen molar-refractivity contribution in [2.75, 3.05) is 13.1 Å². The largest absolute Gasteiger partial charge is 0.341 e. The number of aryl methyl sites for hydroxylation is 2. The van der Waals surface area contributed by atoms with E-state index < -0.39 is 0 Å². The number of carbonyl (C=O) groups excluding carboxylic acids is 1. The van der Waals surface area contributed by atoms with E-state index in [1.807, 2.05) is 23.4 Å². The average molecular weight is 293 g/mol. The van der Waals surface area contributed by atoms with Crippen LogP contribution in [0.4, 0.5) is 0 Å². The summed E-state index contributed by atoms with van der Waals surface area (Å²) in [7, 11) is 0. The van der Waals surface area contributed by atoms with Crippen molar-refractivity contribution in [3.05, 3.63) is 11.6 Å². The molecule has 1 fully saturated rings. The van der Waals surface area contributed by atoms with Gasteiger partial charge in [-0.25, -0.2) is 9.67 Å². The molecule has 2 N–H and O–H groups in total. The van der Waals surface area contributed by atoms with Crippen molar-refractivity contribution in [1.82, 2.24) is 19.7 Å². The number of hydrogen-bond acceptors (Lipinski definition) is 4. The minimum Gasteiger partial charge on any atom is -0.341 e. The maximum atomic E-state index is 12.3. The van der Waals surface area contributed by atoms with Crippen LogP contribution in [0.15, 0.2) is 0 Å². The lowest BCUT2D eigenvalue weighted by atomic mass is 9.97. The summed E-state index contributed by atoms with van der Waals surface area (Å²) in [5.74, 6) is 2.30. The zero-order valence-electron chi connectivity index (χ0n) is 13.4. The molecule has 0 aliphatic carbocycles. The lowest BCUT2D eigenvalue weighted by Crippen LogP contribution is -2.48. The Morgan fingerprint density at radius 2 is 2.24 bits per heavy atom. The third-order valence-corrected chi connectivity index (χ3v) is 4.14. The van der Waals surface area contributed by atoms with Crippen molar-refractivity contribution in [2.24, 2.45) is 11.7 Å². The summed E-state index contributed by atoms with van der Waals surface area (Å²) in [6.07, 6.45) is 3.89. The number of nitrogens with two attached hydrogens (primary N) is 1. The second kappa shape index (κ2) is 7.02. The Morgan fingerprint density at radius 1 is 1.48 bits per heavy atom. The van der Waals surface area contributed by atoms with Gasteiger partial charge in [-0.15, -0.1) is 0 Å². The quantitative estimate of drug-likeness (QED) is 0.886. The van der Waals surface area contributed by atoms with Crippen LogP contribution >= 0.6 is 0 Å². The maximum absolute atomic E-state index is 12.3. The molecular formula is C15H27N5O. The van der Waals surface area contributed by atoms with Crippen LogP contribution in [0, 0.1) is 19.8 Å². The van der Waals surface area contributed by atoms with E-state index in [2.05, 4.69) is 17.0 Å². The average Bonchev–Trinajstić information content (AvgIpc) is 2.76. The second-order valence-corrected chi connectivity index (χ2v) is 6.08. The standard InChI is InChI=1S/C15H27N5O/c1-4-6-14(16)15(21)19-8-5-7-13(9-19)10-20-12(3)17-11(2)18-20/h13-14H,4-10,16H2,1-3H3. The van der Waals surface area contributed by atoms with Crippen LogP contribution < -0.4 is 5.73 Å². The molecule has 0 bridgehead atoms. The van der Waals surface area contributed by atoms with E-state index in [0.717, 1.165) is 57.0 Å². The van der Waals surface area contributed by atoms with Crippen molar-refractivity contribution >= 4 is 5.91 Å². The zero-order valence-corrected chi connectivity index (χ0v) is 13.4. The molecule has 0 aromatic carbocycles. The first-order valence-corrected chi connectivity index (χ1v) is 7.93. The number of hydrogen-bond donors (Lipinski definition) is 1. The van der Waals surface area contributed by atoms with Gasteiger partial charge in [0.25, 0.3) is 0 Å². The van der Waals surface area contributed by atoms with Gasteiger partial charge in [0.2, 0.25) is 5.91 Å². The molecule has 1 saturated heterocycles. The SMILES string of the molecule is CCCC(N)C(=O)N1CCCC(Cn2nc(C)nc2C)C1. The molecule has 2 unspecified atom stereocenters. The highest BCUT2D eigenvalue weighted by atomic mass is 16.2. The number of piperidine rings is 1. The normalized spacial score (nSPS) is 20.6. The summed E-state index contributed by atoms with van der Waals surface area (Å²) in [5.41, 5.74) is 5.97. The fourth-order valence-corrected chi connectivity index (χ4v) is 3.06. The first-order valence-electron chi connectivity index (χ1n) is 7.93. The van der Waals surface area contributed by atoms with E-state index in [1.54, 1.807) is 0 Å². The molecule has 2 heterocycles. The maximum Gasteiger partial charge on any atom is 0.239 e. The molecule has 1 amide bonds. The van der Waals surface area contributed by atoms with Gasteiger partial charge in [-0.1, -0.05) is 13.3 Å². The fraction of sp³-hybridized carbons (Fsp3) is 0.800. The Balaban J connectivity index is 1.94. The topological polar surface area (TPSA) is 77.0 Å². The third kappa shape index (κ3) is 4.03. The van der Waals surface area contributed by atoms with Gasteiger partial charge in [0.05, 0.1) is 6.04 Å². The van der Waals surface area contributed by atoms with Gasteiger partial charge >= 0.3 is 0 Å². The monoisotopic (exact) mass is 293 g/mol. The highest BCUT2D eigenvalue weighted by molar-refractivity contribution is 5.81. The lowest BCUT2D eigenvalue weighted by molar-refractivity contribution is -0.134. The van der Waals surface area contributed by atoms with Crippen LogP contribution in [0.25, 0.3) is 0 Å². The van der Waals surface area contributed by atoms with Crippen molar-refractivity contribution in [3.8, 4) is 0 Å². The van der Waals surface area contributed by atoms with E-state index in [0.29, 0.717) is 5.92 Å². The minimum absolute atomic E-state index is 0.105. The van der Waals surface area contributed by atoms with Crippen molar-refractivity contribution < 1.29 is 4.79 Å². The summed E-state index contributed by atoms with van der Waals surface area (Å²) >= 11 is 0. The molecule has 21 heavy (non-hydrogen) atoms. The molecule has 0 spiro atoms. The summed E-state index contributed by atoms with van der Waals surface area (Å²) < 4.78 is 1.96. The highest BCUT2D eigenvalue weighted by Crippen LogP contribution is 2.19. The zero-order chi connectivity index (χ0) is 15.4. The van der Waals surface area contributed by atoms with Gasteiger partial charge < -0.3 is 10.6 Å². The Kier molecular flexibility index (Phi) is 5.33. The van der Waals surface area contributed by atoms with Crippen molar-refractivity contribution in [3.63, 3.8) is 0 Å². The molecule has 1 aromatic rings. The van der Waals surface area contributed by atoms with Gasteiger partial charge in [0.1, 0.15) is 11.6 Å². The first kappa shape index (κ1) is 15.9. The number of rotatable bonds is 5. The highest BCUT2D eigenvalue weighted by Gasteiger charge is 2.27. The van der Waals surface area contributed by atoms with Gasteiger partial charge in [-0.3, -0.25) is 4.79 Å². The number of likely N-dealkylation sites (tertiary alicyclic amines) is 1. The molecule has 6 heteroatoms. The van der Waals surface area contributed by atoms with Gasteiger partial charge in [-0.2, -0.15) is 5.10 Å². The van der Waals surface area contributed by atoms with Crippen LogP contribution in [0.2, 0.25) is 0 Å². The molecule has 2 atom stereocenters. The number of nitrogens with zero attached hydrogens (tertiary/aromatic N) is 4. The molecule has 2 rings (SSSR count). The number of carbonyl (C=O) groups is 1. The Morgan fingerprint density at radius 3 is 2.86 bits per heavy atom. The first-order chi connectivity index (χ1) is 10.0. The van der Waals surface area contributed by atoms with Crippen molar-refractivity contribution in [2.45, 2.75) is 59.0 Å². The Labute approximate surface area is 126 Å². The molecule has 1 aliphatic rings. The third-order valence-electron chi connectivity index (χ3n) is 4.14. The molecule has 0 saturated carbocycles. The summed E-state index contributed by atoms with van der Waals surface area (Å²) in [6, 6.07) is -0.343. The summed E-state index contributed by atoms with van der Waals surface area (Å²) in [5, 5.41) is 4.42. The fourth-order valence-electron chi connectivity index (χ4n) is 3.06. The smallest absolute Gasteiger partial charge is 0.239 e. The molecule has 1 aromatic heterocycles.